The summed E-state index contributed by atoms with van der Waals surface area (Å²) in [7, 11) is 0. The molecular formula is C26H19N3OS. The number of aromatic nitrogens is 2. The maximum Gasteiger partial charge on any atom is 0.280 e. The lowest BCUT2D eigenvalue weighted by Gasteiger charge is -2.07. The molecule has 0 atom stereocenters. The van der Waals surface area contributed by atoms with Crippen LogP contribution in [0.5, 0.6) is 0 Å². The molecule has 0 saturated heterocycles. The van der Waals surface area contributed by atoms with E-state index in [-0.39, 0.29) is 5.91 Å². The van der Waals surface area contributed by atoms with E-state index in [0.29, 0.717) is 16.9 Å². The first-order valence-corrected chi connectivity index (χ1v) is 10.8. The minimum absolute atomic E-state index is 0.278. The van der Waals surface area contributed by atoms with Gasteiger partial charge < -0.3 is 4.57 Å². The number of hydrogen-bond donors (Lipinski definition) is 0. The highest BCUT2D eigenvalue weighted by Gasteiger charge is 2.14. The Morgan fingerprint density at radius 3 is 2.58 bits per heavy atom. The summed E-state index contributed by atoms with van der Waals surface area (Å²) in [5.41, 5.74) is 4.09. The largest absolute Gasteiger partial charge is 0.312 e. The molecule has 0 saturated carbocycles. The quantitative estimate of drug-likeness (QED) is 0.342. The van der Waals surface area contributed by atoms with Crippen LogP contribution in [-0.2, 0) is 6.54 Å². The van der Waals surface area contributed by atoms with E-state index in [0.717, 1.165) is 32.4 Å². The van der Waals surface area contributed by atoms with Crippen LogP contribution in [-0.4, -0.2) is 15.5 Å². The molecule has 0 aliphatic heterocycles. The van der Waals surface area contributed by atoms with Crippen LogP contribution in [0.1, 0.15) is 10.4 Å². The molecule has 31 heavy (non-hydrogen) atoms. The van der Waals surface area contributed by atoms with E-state index >= 15 is 0 Å². The average Bonchev–Trinajstić information content (AvgIpc) is 3.16. The molecule has 2 heterocycles. The Bertz CT molecular complexity index is 1500. The van der Waals surface area contributed by atoms with Gasteiger partial charge >= 0.3 is 0 Å². The van der Waals surface area contributed by atoms with Gasteiger partial charge in [0.15, 0.2) is 4.80 Å². The maximum atomic E-state index is 13.4. The minimum atomic E-state index is -0.278. The number of thiazole rings is 1. The predicted octanol–water partition coefficient (Wildman–Crippen LogP) is 5.85. The van der Waals surface area contributed by atoms with E-state index in [1.807, 2.05) is 95.6 Å². The molecule has 4 nitrogen and oxygen atoms in total. The number of carbonyl (C=O) groups excluding carboxylic acids is 1. The second-order valence-corrected chi connectivity index (χ2v) is 8.12. The third kappa shape index (κ3) is 3.60. The first-order valence-electron chi connectivity index (χ1n) is 9.98. The zero-order valence-corrected chi connectivity index (χ0v) is 17.5. The standard InChI is InChI=1S/C26H19N3OS/c1-2-16-29-23-14-8-9-15-24(23)31-26(29)28-25(30)20-17-22(18-10-4-3-5-11-18)27-21-13-7-6-12-19(20)21/h2-15,17H,1,16H2. The van der Waals surface area contributed by atoms with Crippen LogP contribution < -0.4 is 4.80 Å². The molecule has 0 aliphatic rings. The van der Waals surface area contributed by atoms with Gasteiger partial charge in [0.05, 0.1) is 27.0 Å². The zero-order chi connectivity index (χ0) is 21.2. The van der Waals surface area contributed by atoms with E-state index < -0.39 is 0 Å². The SMILES string of the molecule is C=CCn1c(=NC(=O)c2cc(-c3ccccc3)nc3ccccc23)sc2ccccc21. The van der Waals surface area contributed by atoms with Crippen LogP contribution in [0.25, 0.3) is 32.4 Å². The van der Waals surface area contributed by atoms with Gasteiger partial charge in [-0.15, -0.1) is 6.58 Å². The Kier molecular flexibility index (Phi) is 5.02. The van der Waals surface area contributed by atoms with Crippen molar-refractivity contribution in [3.63, 3.8) is 0 Å². The molecule has 0 radical (unpaired) electrons. The molecule has 3 aromatic carbocycles. The zero-order valence-electron chi connectivity index (χ0n) is 16.7. The highest BCUT2D eigenvalue weighted by Crippen LogP contribution is 2.25. The lowest BCUT2D eigenvalue weighted by atomic mass is 10.0. The van der Waals surface area contributed by atoms with Gasteiger partial charge in [0.2, 0.25) is 0 Å². The van der Waals surface area contributed by atoms with Crippen molar-refractivity contribution in [3.05, 3.63) is 108 Å². The summed E-state index contributed by atoms with van der Waals surface area (Å²) in [6, 6.07) is 27.5. The molecular weight excluding hydrogens is 402 g/mol. The van der Waals surface area contributed by atoms with Crippen LogP contribution in [0.3, 0.4) is 0 Å². The number of amides is 1. The molecule has 1 amide bonds. The van der Waals surface area contributed by atoms with Gasteiger partial charge in [-0.3, -0.25) is 4.79 Å². The van der Waals surface area contributed by atoms with E-state index in [9.17, 15) is 4.79 Å². The fourth-order valence-corrected chi connectivity index (χ4v) is 4.71. The number of carbonyl (C=O) groups is 1. The number of nitrogens with zero attached hydrogens (tertiary/aromatic N) is 3. The number of para-hydroxylation sites is 2. The lowest BCUT2D eigenvalue weighted by molar-refractivity contribution is 0.0999. The molecule has 150 valence electrons. The van der Waals surface area contributed by atoms with Crippen LogP contribution in [0.4, 0.5) is 0 Å². The second-order valence-electron chi connectivity index (χ2n) is 7.11. The van der Waals surface area contributed by atoms with Gasteiger partial charge in [0.25, 0.3) is 5.91 Å². The fraction of sp³-hybridized carbons (Fsp3) is 0.0385. The van der Waals surface area contributed by atoms with Gasteiger partial charge in [-0.05, 0) is 24.3 Å². The molecule has 0 bridgehead atoms. The number of fused-ring (bicyclic) bond motifs is 2. The highest BCUT2D eigenvalue weighted by atomic mass is 32.1. The van der Waals surface area contributed by atoms with Crippen LogP contribution >= 0.6 is 11.3 Å². The first kappa shape index (κ1) is 19.2. The Balaban J connectivity index is 1.71. The molecule has 5 aromatic rings. The van der Waals surface area contributed by atoms with E-state index in [4.69, 9.17) is 4.98 Å². The Morgan fingerprint density at radius 1 is 1.00 bits per heavy atom. The number of benzene rings is 3. The normalized spacial score (nSPS) is 11.8. The summed E-state index contributed by atoms with van der Waals surface area (Å²) in [4.78, 5) is 23.4. The van der Waals surface area contributed by atoms with E-state index in [1.165, 1.54) is 11.3 Å². The smallest absolute Gasteiger partial charge is 0.280 e. The first-order chi connectivity index (χ1) is 15.2. The Hall–Kier alpha value is -3.83. The topological polar surface area (TPSA) is 47.2 Å². The summed E-state index contributed by atoms with van der Waals surface area (Å²) >= 11 is 1.50. The highest BCUT2D eigenvalue weighted by molar-refractivity contribution is 7.16. The Morgan fingerprint density at radius 2 is 1.74 bits per heavy atom. The predicted molar refractivity (Wildman–Crippen MR) is 127 cm³/mol. The summed E-state index contributed by atoms with van der Waals surface area (Å²) in [6.07, 6.45) is 1.82. The van der Waals surface area contributed by atoms with Gasteiger partial charge in [-0.1, -0.05) is 78.1 Å². The van der Waals surface area contributed by atoms with E-state index in [1.54, 1.807) is 0 Å². The van der Waals surface area contributed by atoms with Crippen molar-refractivity contribution in [1.82, 2.24) is 9.55 Å². The lowest BCUT2D eigenvalue weighted by Crippen LogP contribution is -2.16. The van der Waals surface area contributed by atoms with Gasteiger partial charge in [-0.2, -0.15) is 4.99 Å². The van der Waals surface area contributed by atoms with E-state index in [2.05, 4.69) is 11.6 Å². The number of hydrogen-bond acceptors (Lipinski definition) is 3. The summed E-state index contributed by atoms with van der Waals surface area (Å²) in [5.74, 6) is -0.278. The number of rotatable bonds is 4. The van der Waals surface area contributed by atoms with Crippen molar-refractivity contribution in [1.29, 1.82) is 0 Å². The summed E-state index contributed by atoms with van der Waals surface area (Å²) in [5, 5.41) is 0.798. The Labute approximate surface area is 183 Å². The molecule has 2 aromatic heterocycles. The number of allylic oxidation sites excluding steroid dienone is 1. The third-order valence-corrected chi connectivity index (χ3v) is 6.17. The minimum Gasteiger partial charge on any atom is -0.312 e. The van der Waals surface area contributed by atoms with Gasteiger partial charge in [-0.25, -0.2) is 4.98 Å². The summed E-state index contributed by atoms with van der Waals surface area (Å²) in [6.45, 7) is 4.44. The van der Waals surface area contributed by atoms with Crippen molar-refractivity contribution in [3.8, 4) is 11.3 Å². The molecule has 0 unspecified atom stereocenters. The van der Waals surface area contributed by atoms with Crippen molar-refractivity contribution in [2.45, 2.75) is 6.54 Å². The third-order valence-electron chi connectivity index (χ3n) is 5.11. The van der Waals surface area contributed by atoms with Crippen LogP contribution in [0.15, 0.2) is 103 Å². The van der Waals surface area contributed by atoms with Crippen molar-refractivity contribution in [2.75, 3.05) is 0 Å². The fourth-order valence-electron chi connectivity index (χ4n) is 3.67. The number of pyridine rings is 1. The molecule has 0 aliphatic carbocycles. The second kappa shape index (κ2) is 8.13. The molecule has 0 spiro atoms. The maximum absolute atomic E-state index is 13.4. The summed E-state index contributed by atoms with van der Waals surface area (Å²) < 4.78 is 3.10. The van der Waals surface area contributed by atoms with Crippen LogP contribution in [0, 0.1) is 0 Å². The molecule has 5 heteroatoms. The van der Waals surface area contributed by atoms with Crippen molar-refractivity contribution >= 4 is 38.4 Å². The van der Waals surface area contributed by atoms with Gasteiger partial charge in [0.1, 0.15) is 0 Å². The average molecular weight is 422 g/mol. The van der Waals surface area contributed by atoms with Crippen molar-refractivity contribution < 1.29 is 4.79 Å². The molecule has 5 rings (SSSR count). The van der Waals surface area contributed by atoms with Gasteiger partial charge in [0, 0.05) is 17.5 Å². The molecule has 0 fully saturated rings. The van der Waals surface area contributed by atoms with Crippen LogP contribution in [0.2, 0.25) is 0 Å². The monoisotopic (exact) mass is 421 g/mol. The molecule has 0 N–H and O–H groups in total. The van der Waals surface area contributed by atoms with Crippen molar-refractivity contribution in [2.24, 2.45) is 4.99 Å².